The van der Waals surface area contributed by atoms with E-state index in [-0.39, 0.29) is 11.7 Å². The molecule has 1 aliphatic rings. The fraction of sp³-hybridized carbons (Fsp3) is 0.115. The number of urea groups is 1. The monoisotopic (exact) mass is 476 g/mol. The van der Waals surface area contributed by atoms with Crippen molar-refractivity contribution in [1.29, 1.82) is 0 Å². The first kappa shape index (κ1) is 22.4. The Balaban J connectivity index is 1.66. The molecule has 1 N–H and O–H groups in total. The molecule has 0 bridgehead atoms. The van der Waals surface area contributed by atoms with Gasteiger partial charge in [0, 0.05) is 11.3 Å². The molecule has 0 aliphatic carbocycles. The number of halogens is 3. The third-order valence-corrected chi connectivity index (χ3v) is 5.83. The van der Waals surface area contributed by atoms with Gasteiger partial charge in [-0.25, -0.2) is 18.0 Å². The lowest BCUT2D eigenvalue weighted by atomic mass is 9.94. The highest BCUT2D eigenvalue weighted by Gasteiger charge is 2.36. The average Bonchev–Trinajstić information content (AvgIpc) is 3.31. The Morgan fingerprint density at radius 2 is 1.71 bits per heavy atom. The summed E-state index contributed by atoms with van der Waals surface area (Å²) in [5.41, 5.74) is 2.71. The molecule has 0 radical (unpaired) electrons. The van der Waals surface area contributed by atoms with Gasteiger partial charge in [0.25, 0.3) is 5.89 Å². The van der Waals surface area contributed by atoms with Gasteiger partial charge in [-0.3, -0.25) is 4.90 Å². The van der Waals surface area contributed by atoms with Gasteiger partial charge < -0.3 is 9.84 Å². The highest BCUT2D eigenvalue weighted by Crippen LogP contribution is 2.39. The molecule has 0 fully saturated rings. The molecule has 2 amide bonds. The lowest BCUT2D eigenvalue weighted by Gasteiger charge is -2.35. The molecular weight excluding hydrogens is 457 g/mol. The Bertz CT molecular complexity index is 1460. The Labute approximate surface area is 198 Å². The van der Waals surface area contributed by atoms with Gasteiger partial charge in [-0.1, -0.05) is 17.3 Å². The molecular formula is C26H19F3N4O2. The molecule has 176 valence electrons. The van der Waals surface area contributed by atoms with Crippen LogP contribution in [0.25, 0.3) is 17.0 Å². The van der Waals surface area contributed by atoms with Gasteiger partial charge in [-0.15, -0.1) is 0 Å². The lowest BCUT2D eigenvalue weighted by molar-refractivity contribution is 0.244. The van der Waals surface area contributed by atoms with E-state index in [1.165, 1.54) is 59.5 Å². The maximum atomic E-state index is 14.1. The minimum Gasteiger partial charge on any atom is -0.334 e. The van der Waals surface area contributed by atoms with E-state index in [1.807, 2.05) is 0 Å². The molecule has 1 aromatic heterocycles. The van der Waals surface area contributed by atoms with E-state index in [4.69, 9.17) is 4.52 Å². The number of anilines is 1. The molecule has 0 saturated carbocycles. The van der Waals surface area contributed by atoms with Crippen LogP contribution in [0.4, 0.5) is 23.7 Å². The SMILES string of the molecule is CC1=C(c2nc(-c3ccc(F)cc3)no2)C(c2cccc(F)c2)NC(=O)N1c1ccc(F)c(C)c1. The zero-order chi connectivity index (χ0) is 24.7. The average molecular weight is 476 g/mol. The Kier molecular flexibility index (Phi) is 5.60. The van der Waals surface area contributed by atoms with Gasteiger partial charge in [-0.2, -0.15) is 4.98 Å². The number of nitrogens with zero attached hydrogens (tertiary/aromatic N) is 3. The highest BCUT2D eigenvalue weighted by molar-refractivity contribution is 6.01. The first-order valence-electron chi connectivity index (χ1n) is 10.7. The van der Waals surface area contributed by atoms with Crippen LogP contribution in [-0.4, -0.2) is 16.2 Å². The van der Waals surface area contributed by atoms with E-state index < -0.39 is 29.5 Å². The summed E-state index contributed by atoms with van der Waals surface area (Å²) in [5, 5.41) is 6.89. The van der Waals surface area contributed by atoms with Crippen molar-refractivity contribution in [2.75, 3.05) is 4.90 Å². The van der Waals surface area contributed by atoms with Gasteiger partial charge in [-0.05, 0) is 79.6 Å². The molecule has 0 saturated heterocycles. The van der Waals surface area contributed by atoms with Crippen molar-refractivity contribution in [1.82, 2.24) is 15.5 Å². The number of rotatable bonds is 4. The van der Waals surface area contributed by atoms with Crippen molar-refractivity contribution in [3.8, 4) is 11.4 Å². The molecule has 2 heterocycles. The summed E-state index contributed by atoms with van der Waals surface area (Å²) in [4.78, 5) is 19.0. The summed E-state index contributed by atoms with van der Waals surface area (Å²) in [6, 6.07) is 14.5. The first-order valence-corrected chi connectivity index (χ1v) is 10.7. The van der Waals surface area contributed by atoms with Crippen LogP contribution >= 0.6 is 0 Å². The fourth-order valence-electron chi connectivity index (χ4n) is 4.08. The minimum atomic E-state index is -0.794. The van der Waals surface area contributed by atoms with Gasteiger partial charge in [0.2, 0.25) is 5.82 Å². The summed E-state index contributed by atoms with van der Waals surface area (Å²) in [6.07, 6.45) is 0. The van der Waals surface area contributed by atoms with Crippen LogP contribution in [-0.2, 0) is 0 Å². The standard InChI is InChI=1S/C26H19F3N4O2/c1-14-12-20(10-11-21(14)29)33-15(2)22(23(30-26(33)34)17-4-3-5-19(28)13-17)25-31-24(32-35-25)16-6-8-18(27)9-7-16/h3-13,23H,1-2H3,(H,30,34). The summed E-state index contributed by atoms with van der Waals surface area (Å²) >= 11 is 0. The van der Waals surface area contributed by atoms with Crippen molar-refractivity contribution in [3.63, 3.8) is 0 Å². The summed E-state index contributed by atoms with van der Waals surface area (Å²) in [7, 11) is 0. The van der Waals surface area contributed by atoms with Crippen LogP contribution in [0.3, 0.4) is 0 Å². The number of aromatic nitrogens is 2. The number of amides is 2. The van der Waals surface area contributed by atoms with Crippen molar-refractivity contribution in [2.24, 2.45) is 0 Å². The van der Waals surface area contributed by atoms with Gasteiger partial charge in [0.15, 0.2) is 0 Å². The number of aryl methyl sites for hydroxylation is 1. The molecule has 1 atom stereocenters. The summed E-state index contributed by atoms with van der Waals surface area (Å²) in [6.45, 7) is 3.30. The van der Waals surface area contributed by atoms with Crippen molar-refractivity contribution in [3.05, 3.63) is 107 Å². The van der Waals surface area contributed by atoms with Crippen molar-refractivity contribution in [2.45, 2.75) is 19.9 Å². The van der Waals surface area contributed by atoms with Crippen LogP contribution in [0.2, 0.25) is 0 Å². The van der Waals surface area contributed by atoms with Crippen LogP contribution in [0.1, 0.15) is 30.0 Å². The molecule has 1 aliphatic heterocycles. The number of carbonyl (C=O) groups excluding carboxylic acids is 1. The topological polar surface area (TPSA) is 71.3 Å². The second-order valence-electron chi connectivity index (χ2n) is 8.14. The maximum absolute atomic E-state index is 14.1. The number of benzene rings is 3. The molecule has 35 heavy (non-hydrogen) atoms. The second kappa shape index (κ2) is 8.75. The molecule has 3 aromatic carbocycles. The van der Waals surface area contributed by atoms with Crippen LogP contribution < -0.4 is 10.2 Å². The van der Waals surface area contributed by atoms with Gasteiger partial charge in [0.1, 0.15) is 17.5 Å². The predicted octanol–water partition coefficient (Wildman–Crippen LogP) is 6.16. The molecule has 4 aromatic rings. The zero-order valence-corrected chi connectivity index (χ0v) is 18.7. The quantitative estimate of drug-likeness (QED) is 0.383. The zero-order valence-electron chi connectivity index (χ0n) is 18.7. The fourth-order valence-corrected chi connectivity index (χ4v) is 4.08. The van der Waals surface area contributed by atoms with Gasteiger partial charge >= 0.3 is 6.03 Å². The number of hydrogen-bond donors (Lipinski definition) is 1. The molecule has 9 heteroatoms. The Morgan fingerprint density at radius 1 is 0.943 bits per heavy atom. The van der Waals surface area contributed by atoms with Crippen LogP contribution in [0, 0.1) is 24.4 Å². The van der Waals surface area contributed by atoms with Gasteiger partial charge in [0.05, 0.1) is 17.3 Å². The number of hydrogen-bond acceptors (Lipinski definition) is 4. The number of allylic oxidation sites excluding steroid dienone is 1. The lowest BCUT2D eigenvalue weighted by Crippen LogP contribution is -2.46. The maximum Gasteiger partial charge on any atom is 0.326 e. The van der Waals surface area contributed by atoms with Crippen molar-refractivity contribution < 1.29 is 22.5 Å². The molecule has 6 nitrogen and oxygen atoms in total. The number of nitrogens with one attached hydrogen (secondary N) is 1. The Morgan fingerprint density at radius 3 is 2.43 bits per heavy atom. The third kappa shape index (κ3) is 4.16. The summed E-state index contributed by atoms with van der Waals surface area (Å²) < 4.78 is 46.9. The number of carbonyl (C=O) groups is 1. The van der Waals surface area contributed by atoms with E-state index >= 15 is 0 Å². The first-order chi connectivity index (χ1) is 16.8. The summed E-state index contributed by atoms with van der Waals surface area (Å²) in [5.74, 6) is -0.948. The second-order valence-corrected chi connectivity index (χ2v) is 8.14. The smallest absolute Gasteiger partial charge is 0.326 e. The normalized spacial score (nSPS) is 16.0. The molecule has 1 unspecified atom stereocenters. The van der Waals surface area contributed by atoms with Crippen LogP contribution in [0.5, 0.6) is 0 Å². The Hall–Kier alpha value is -4.40. The van der Waals surface area contributed by atoms with Crippen molar-refractivity contribution >= 4 is 17.3 Å². The molecule has 0 spiro atoms. The van der Waals surface area contributed by atoms with Crippen LogP contribution in [0.15, 0.2) is 77.0 Å². The van der Waals surface area contributed by atoms with E-state index in [0.29, 0.717) is 33.6 Å². The van der Waals surface area contributed by atoms with E-state index in [0.717, 1.165) is 0 Å². The third-order valence-electron chi connectivity index (χ3n) is 5.83. The predicted molar refractivity (Wildman–Crippen MR) is 124 cm³/mol. The van der Waals surface area contributed by atoms with E-state index in [1.54, 1.807) is 26.0 Å². The van der Waals surface area contributed by atoms with E-state index in [2.05, 4.69) is 15.5 Å². The minimum absolute atomic E-state index is 0.0971. The molecule has 5 rings (SSSR count). The highest BCUT2D eigenvalue weighted by atomic mass is 19.1. The van der Waals surface area contributed by atoms with E-state index in [9.17, 15) is 18.0 Å². The largest absolute Gasteiger partial charge is 0.334 e.